The van der Waals surface area contributed by atoms with Gasteiger partial charge in [-0.3, -0.25) is 9.79 Å². The van der Waals surface area contributed by atoms with Gasteiger partial charge in [0.05, 0.1) is 12.1 Å². The molecule has 14 heavy (non-hydrogen) atoms. The van der Waals surface area contributed by atoms with Gasteiger partial charge in [-0.25, -0.2) is 0 Å². The van der Waals surface area contributed by atoms with Crippen molar-refractivity contribution in [3.05, 3.63) is 42.6 Å². The Bertz CT molecular complexity index is 393. The number of hydrogen-bond donors (Lipinski definition) is 1. The minimum Gasteiger partial charge on any atom is -0.326 e. The molecule has 1 N–H and O–H groups in total. The first-order valence-corrected chi connectivity index (χ1v) is 4.43. The van der Waals surface area contributed by atoms with Gasteiger partial charge in [0.25, 0.3) is 0 Å². The van der Waals surface area contributed by atoms with Gasteiger partial charge < -0.3 is 5.32 Å². The topological polar surface area (TPSA) is 41.5 Å². The summed E-state index contributed by atoms with van der Waals surface area (Å²) in [5.41, 5.74) is 1.65. The van der Waals surface area contributed by atoms with E-state index in [-0.39, 0.29) is 5.91 Å². The van der Waals surface area contributed by atoms with E-state index in [0.29, 0.717) is 6.42 Å². The van der Waals surface area contributed by atoms with Crippen LogP contribution in [0.1, 0.15) is 6.42 Å². The first-order valence-electron chi connectivity index (χ1n) is 4.43. The maximum atomic E-state index is 11.4. The SMILES string of the molecule is O=C(CC1=NC=C1)Nc1ccccc1. The molecule has 0 spiro atoms. The van der Waals surface area contributed by atoms with Gasteiger partial charge in [0.15, 0.2) is 0 Å². The summed E-state index contributed by atoms with van der Waals surface area (Å²) in [6, 6.07) is 9.40. The maximum absolute atomic E-state index is 11.4. The van der Waals surface area contributed by atoms with Crippen molar-refractivity contribution in [2.75, 3.05) is 5.32 Å². The summed E-state index contributed by atoms with van der Waals surface area (Å²) in [5, 5.41) is 2.79. The van der Waals surface area contributed by atoms with Crippen LogP contribution in [0, 0.1) is 0 Å². The molecule has 1 heterocycles. The Morgan fingerprint density at radius 2 is 2.00 bits per heavy atom. The van der Waals surface area contributed by atoms with Crippen LogP contribution in [0.4, 0.5) is 5.69 Å². The second-order valence-corrected chi connectivity index (χ2v) is 3.03. The molecule has 0 unspecified atom stereocenters. The molecular weight excluding hydrogens is 176 g/mol. The van der Waals surface area contributed by atoms with E-state index in [9.17, 15) is 4.79 Å². The number of para-hydroxylation sites is 1. The number of allylic oxidation sites excluding steroid dienone is 1. The highest BCUT2D eigenvalue weighted by atomic mass is 16.1. The second kappa shape index (κ2) is 3.87. The zero-order chi connectivity index (χ0) is 9.80. The number of anilines is 1. The molecule has 0 bridgehead atoms. The molecule has 3 nitrogen and oxygen atoms in total. The van der Waals surface area contributed by atoms with Gasteiger partial charge in [0, 0.05) is 11.9 Å². The number of rotatable bonds is 3. The van der Waals surface area contributed by atoms with Gasteiger partial charge in [-0.2, -0.15) is 0 Å². The predicted molar refractivity (Wildman–Crippen MR) is 56.3 cm³/mol. The molecule has 0 atom stereocenters. The summed E-state index contributed by atoms with van der Waals surface area (Å²) in [5.74, 6) is -0.0284. The average molecular weight is 186 g/mol. The number of carbonyl (C=O) groups excluding carboxylic acids is 1. The van der Waals surface area contributed by atoms with Gasteiger partial charge in [-0.05, 0) is 18.2 Å². The molecule has 3 heteroatoms. The molecule has 1 amide bonds. The van der Waals surface area contributed by atoms with E-state index in [4.69, 9.17) is 0 Å². The highest BCUT2D eigenvalue weighted by Crippen LogP contribution is 2.07. The third kappa shape index (κ3) is 2.07. The Morgan fingerprint density at radius 1 is 1.29 bits per heavy atom. The monoisotopic (exact) mass is 186 g/mol. The average Bonchev–Trinajstić information content (AvgIpc) is 2.13. The Hall–Kier alpha value is -1.90. The molecule has 70 valence electrons. The van der Waals surface area contributed by atoms with Crippen molar-refractivity contribution < 1.29 is 4.79 Å². The predicted octanol–water partition coefficient (Wildman–Crippen LogP) is 1.98. The van der Waals surface area contributed by atoms with Crippen LogP contribution in [-0.2, 0) is 4.79 Å². The first-order chi connectivity index (χ1) is 6.84. The van der Waals surface area contributed by atoms with Crippen LogP contribution in [0.5, 0.6) is 0 Å². The third-order valence-electron chi connectivity index (χ3n) is 1.91. The number of aliphatic imine (C=N–C) groups is 1. The van der Waals surface area contributed by atoms with Crippen molar-refractivity contribution in [2.24, 2.45) is 4.99 Å². The number of carbonyl (C=O) groups is 1. The Kier molecular flexibility index (Phi) is 2.40. The molecule has 0 radical (unpaired) electrons. The number of nitrogens with zero attached hydrogens (tertiary/aromatic N) is 1. The van der Waals surface area contributed by atoms with Crippen molar-refractivity contribution in [2.45, 2.75) is 6.42 Å². The van der Waals surface area contributed by atoms with Crippen LogP contribution in [0.2, 0.25) is 0 Å². The Morgan fingerprint density at radius 3 is 2.57 bits per heavy atom. The van der Waals surface area contributed by atoms with E-state index < -0.39 is 0 Å². The molecule has 1 aliphatic heterocycles. The number of amides is 1. The lowest BCUT2D eigenvalue weighted by molar-refractivity contribution is -0.115. The van der Waals surface area contributed by atoms with Crippen LogP contribution in [0.25, 0.3) is 0 Å². The van der Waals surface area contributed by atoms with E-state index in [1.54, 1.807) is 6.20 Å². The number of benzene rings is 1. The molecule has 0 aliphatic carbocycles. The fraction of sp³-hybridized carbons (Fsp3) is 0.0909. The van der Waals surface area contributed by atoms with Gasteiger partial charge >= 0.3 is 0 Å². The summed E-state index contributed by atoms with van der Waals surface area (Å²) in [6.07, 6.45) is 3.88. The van der Waals surface area contributed by atoms with Crippen molar-refractivity contribution in [3.63, 3.8) is 0 Å². The van der Waals surface area contributed by atoms with E-state index in [1.165, 1.54) is 0 Å². The highest BCUT2D eigenvalue weighted by molar-refractivity contribution is 6.12. The van der Waals surface area contributed by atoms with Crippen LogP contribution in [0.3, 0.4) is 0 Å². The number of nitrogens with one attached hydrogen (secondary N) is 1. The van der Waals surface area contributed by atoms with Gasteiger partial charge in [-0.1, -0.05) is 18.2 Å². The molecule has 1 aromatic carbocycles. The minimum atomic E-state index is -0.0284. The highest BCUT2D eigenvalue weighted by Gasteiger charge is 2.07. The second-order valence-electron chi connectivity index (χ2n) is 3.03. The Labute approximate surface area is 82.2 Å². The van der Waals surface area contributed by atoms with Gasteiger partial charge in [-0.15, -0.1) is 0 Å². The van der Waals surface area contributed by atoms with Crippen LogP contribution in [-0.4, -0.2) is 11.6 Å². The molecule has 1 aliphatic rings. The number of hydrogen-bond acceptors (Lipinski definition) is 2. The van der Waals surface area contributed by atoms with E-state index >= 15 is 0 Å². The van der Waals surface area contributed by atoms with Crippen LogP contribution >= 0.6 is 0 Å². The summed E-state index contributed by atoms with van der Waals surface area (Å²) in [4.78, 5) is 15.3. The van der Waals surface area contributed by atoms with Crippen LogP contribution in [0.15, 0.2) is 47.6 Å². The summed E-state index contributed by atoms with van der Waals surface area (Å²) in [6.45, 7) is 0. The molecule has 0 saturated heterocycles. The molecule has 0 aromatic heterocycles. The fourth-order valence-corrected chi connectivity index (χ4v) is 1.18. The third-order valence-corrected chi connectivity index (χ3v) is 1.91. The zero-order valence-electron chi connectivity index (χ0n) is 7.60. The Balaban J connectivity index is 1.88. The van der Waals surface area contributed by atoms with E-state index in [1.807, 2.05) is 36.4 Å². The van der Waals surface area contributed by atoms with E-state index in [2.05, 4.69) is 10.3 Å². The summed E-state index contributed by atoms with van der Waals surface area (Å²) >= 11 is 0. The lowest BCUT2D eigenvalue weighted by Gasteiger charge is -2.06. The quantitative estimate of drug-likeness (QED) is 0.770. The molecular formula is C11H10N2O. The molecule has 2 rings (SSSR count). The lowest BCUT2D eigenvalue weighted by atomic mass is 10.2. The molecule has 0 saturated carbocycles. The zero-order valence-corrected chi connectivity index (χ0v) is 7.60. The minimum absolute atomic E-state index is 0.0284. The van der Waals surface area contributed by atoms with Crippen molar-refractivity contribution in [1.29, 1.82) is 0 Å². The molecule has 1 aromatic rings. The first kappa shape index (κ1) is 8.69. The lowest BCUT2D eigenvalue weighted by Crippen LogP contribution is -2.16. The van der Waals surface area contributed by atoms with Crippen LogP contribution < -0.4 is 5.32 Å². The smallest absolute Gasteiger partial charge is 0.230 e. The largest absolute Gasteiger partial charge is 0.326 e. The maximum Gasteiger partial charge on any atom is 0.230 e. The van der Waals surface area contributed by atoms with Crippen molar-refractivity contribution in [1.82, 2.24) is 0 Å². The fourth-order valence-electron chi connectivity index (χ4n) is 1.18. The summed E-state index contributed by atoms with van der Waals surface area (Å²) in [7, 11) is 0. The van der Waals surface area contributed by atoms with Crippen molar-refractivity contribution >= 4 is 17.3 Å². The van der Waals surface area contributed by atoms with E-state index in [0.717, 1.165) is 11.4 Å². The standard InChI is InChI=1S/C11H10N2O/c14-11(8-10-6-7-12-10)13-9-4-2-1-3-5-9/h1-7H,8H2,(H,13,14). The normalized spacial score (nSPS) is 13.0. The van der Waals surface area contributed by atoms with Crippen molar-refractivity contribution in [3.8, 4) is 0 Å². The van der Waals surface area contributed by atoms with Gasteiger partial charge in [0.1, 0.15) is 0 Å². The molecule has 0 fully saturated rings. The van der Waals surface area contributed by atoms with Gasteiger partial charge in [0.2, 0.25) is 5.91 Å². The summed E-state index contributed by atoms with van der Waals surface area (Å²) < 4.78 is 0.